The highest BCUT2D eigenvalue weighted by molar-refractivity contribution is 6.17. The smallest absolute Gasteiger partial charge is 0.0474 e. The van der Waals surface area contributed by atoms with Crippen molar-refractivity contribution in [2.24, 2.45) is 0 Å². The summed E-state index contributed by atoms with van der Waals surface area (Å²) in [5.41, 5.74) is 2.56. The van der Waals surface area contributed by atoms with Gasteiger partial charge in [0.1, 0.15) is 0 Å². The van der Waals surface area contributed by atoms with Crippen LogP contribution in [0, 0.1) is 0 Å². The number of benzene rings is 1. The van der Waals surface area contributed by atoms with Gasteiger partial charge in [-0.2, -0.15) is 0 Å². The monoisotopic (exact) mass is 223 g/mol. The second-order valence-corrected chi connectivity index (χ2v) is 4.47. The van der Waals surface area contributed by atoms with Crippen LogP contribution in [0.2, 0.25) is 0 Å². The van der Waals surface area contributed by atoms with Crippen LogP contribution in [0.4, 0.5) is 5.69 Å². The Morgan fingerprint density at radius 3 is 2.07 bits per heavy atom. The van der Waals surface area contributed by atoms with Gasteiger partial charge in [-0.25, -0.2) is 0 Å². The first kappa shape index (κ1) is 10.8. The van der Waals surface area contributed by atoms with Gasteiger partial charge in [-0.15, -0.1) is 11.6 Å². The Morgan fingerprint density at radius 1 is 0.933 bits per heavy atom. The van der Waals surface area contributed by atoms with Crippen LogP contribution in [0.5, 0.6) is 0 Å². The van der Waals surface area contributed by atoms with Gasteiger partial charge in [-0.1, -0.05) is 25.0 Å². The number of alkyl halides is 1. The Hall–Kier alpha value is -0.690. The minimum atomic E-state index is 0.611. The van der Waals surface area contributed by atoms with Crippen molar-refractivity contribution in [3.8, 4) is 0 Å². The molecule has 1 heterocycles. The zero-order valence-corrected chi connectivity index (χ0v) is 9.84. The van der Waals surface area contributed by atoms with Crippen LogP contribution in [0.25, 0.3) is 0 Å². The average molecular weight is 224 g/mol. The van der Waals surface area contributed by atoms with Gasteiger partial charge in [0.25, 0.3) is 0 Å². The van der Waals surface area contributed by atoms with E-state index in [4.69, 9.17) is 11.6 Å². The van der Waals surface area contributed by atoms with E-state index in [0.717, 1.165) is 0 Å². The van der Waals surface area contributed by atoms with E-state index < -0.39 is 0 Å². The van der Waals surface area contributed by atoms with Gasteiger partial charge < -0.3 is 4.90 Å². The molecule has 1 nitrogen and oxygen atoms in total. The number of nitrogens with zero attached hydrogens (tertiary/aromatic N) is 1. The Labute approximate surface area is 97.0 Å². The first-order valence-electron chi connectivity index (χ1n) is 5.80. The van der Waals surface area contributed by atoms with Crippen molar-refractivity contribution in [3.63, 3.8) is 0 Å². The van der Waals surface area contributed by atoms with E-state index >= 15 is 0 Å². The molecule has 1 aliphatic heterocycles. The number of rotatable bonds is 2. The molecule has 0 amide bonds. The minimum absolute atomic E-state index is 0.611. The molecule has 0 N–H and O–H groups in total. The molecule has 1 aromatic carbocycles. The highest BCUT2D eigenvalue weighted by Gasteiger charge is 2.09. The topological polar surface area (TPSA) is 3.24 Å². The van der Waals surface area contributed by atoms with Crippen LogP contribution >= 0.6 is 11.6 Å². The third-order valence-electron chi connectivity index (χ3n) is 3.06. The maximum absolute atomic E-state index is 5.78. The van der Waals surface area contributed by atoms with Gasteiger partial charge in [-0.3, -0.25) is 0 Å². The summed E-state index contributed by atoms with van der Waals surface area (Å²) in [6.07, 6.45) is 5.43. The first-order valence-corrected chi connectivity index (χ1v) is 6.33. The van der Waals surface area contributed by atoms with E-state index in [-0.39, 0.29) is 0 Å². The summed E-state index contributed by atoms with van der Waals surface area (Å²) in [5, 5.41) is 0. The molecule has 0 unspecified atom stereocenters. The fourth-order valence-corrected chi connectivity index (χ4v) is 2.30. The SMILES string of the molecule is ClCc1ccc(N2CCCCCC2)cc1. The minimum Gasteiger partial charge on any atom is -0.372 e. The molecule has 0 atom stereocenters. The summed E-state index contributed by atoms with van der Waals surface area (Å²) in [5.74, 6) is 0.611. The fraction of sp³-hybridized carbons (Fsp3) is 0.538. The molecule has 2 rings (SSSR count). The Kier molecular flexibility index (Phi) is 3.90. The Balaban J connectivity index is 2.06. The number of anilines is 1. The molecule has 1 fully saturated rings. The Bertz CT molecular complexity index is 286. The quantitative estimate of drug-likeness (QED) is 0.690. The van der Waals surface area contributed by atoms with E-state index in [2.05, 4.69) is 29.2 Å². The zero-order valence-electron chi connectivity index (χ0n) is 9.08. The van der Waals surface area contributed by atoms with Gasteiger partial charge in [0.2, 0.25) is 0 Å². The summed E-state index contributed by atoms with van der Waals surface area (Å²) in [6, 6.07) is 8.66. The molecule has 0 saturated carbocycles. The Morgan fingerprint density at radius 2 is 1.53 bits per heavy atom. The lowest BCUT2D eigenvalue weighted by Crippen LogP contribution is -2.23. The third-order valence-corrected chi connectivity index (χ3v) is 3.37. The van der Waals surface area contributed by atoms with Crippen molar-refractivity contribution >= 4 is 17.3 Å². The van der Waals surface area contributed by atoms with E-state index in [0.29, 0.717) is 5.88 Å². The summed E-state index contributed by atoms with van der Waals surface area (Å²) >= 11 is 5.78. The molecule has 15 heavy (non-hydrogen) atoms. The molecule has 0 aliphatic carbocycles. The average Bonchev–Trinajstić information content (AvgIpc) is 2.58. The van der Waals surface area contributed by atoms with E-state index in [1.54, 1.807) is 0 Å². The third kappa shape index (κ3) is 2.88. The molecule has 1 aromatic rings. The van der Waals surface area contributed by atoms with Crippen molar-refractivity contribution < 1.29 is 0 Å². The molecule has 0 radical (unpaired) electrons. The van der Waals surface area contributed by atoms with Crippen LogP contribution in [-0.2, 0) is 5.88 Å². The van der Waals surface area contributed by atoms with Crippen molar-refractivity contribution in [1.82, 2.24) is 0 Å². The van der Waals surface area contributed by atoms with Crippen LogP contribution < -0.4 is 4.90 Å². The molecular formula is C13H18ClN. The number of hydrogen-bond donors (Lipinski definition) is 0. The lowest BCUT2D eigenvalue weighted by atomic mass is 10.2. The molecular weight excluding hydrogens is 206 g/mol. The van der Waals surface area contributed by atoms with Crippen LogP contribution in [0.1, 0.15) is 31.2 Å². The number of hydrogen-bond acceptors (Lipinski definition) is 1. The fourth-order valence-electron chi connectivity index (χ4n) is 2.12. The maximum atomic E-state index is 5.78. The molecule has 2 heteroatoms. The van der Waals surface area contributed by atoms with Crippen LogP contribution in [-0.4, -0.2) is 13.1 Å². The van der Waals surface area contributed by atoms with Crippen LogP contribution in [0.3, 0.4) is 0 Å². The summed E-state index contributed by atoms with van der Waals surface area (Å²) in [4.78, 5) is 2.49. The zero-order chi connectivity index (χ0) is 10.5. The van der Waals surface area contributed by atoms with E-state index in [1.807, 2.05) is 0 Å². The lowest BCUT2D eigenvalue weighted by Gasteiger charge is -2.22. The number of halogens is 1. The highest BCUT2D eigenvalue weighted by Crippen LogP contribution is 2.20. The van der Waals surface area contributed by atoms with Gasteiger partial charge >= 0.3 is 0 Å². The molecule has 82 valence electrons. The molecule has 0 spiro atoms. The summed E-state index contributed by atoms with van der Waals surface area (Å²) < 4.78 is 0. The largest absolute Gasteiger partial charge is 0.372 e. The van der Waals surface area contributed by atoms with E-state index in [9.17, 15) is 0 Å². The van der Waals surface area contributed by atoms with Gasteiger partial charge in [0.05, 0.1) is 0 Å². The van der Waals surface area contributed by atoms with Gasteiger partial charge in [0, 0.05) is 24.7 Å². The van der Waals surface area contributed by atoms with Gasteiger partial charge in [0.15, 0.2) is 0 Å². The predicted molar refractivity (Wildman–Crippen MR) is 66.7 cm³/mol. The highest BCUT2D eigenvalue weighted by atomic mass is 35.5. The molecule has 0 aromatic heterocycles. The summed E-state index contributed by atoms with van der Waals surface area (Å²) in [6.45, 7) is 2.42. The standard InChI is InChI=1S/C13H18ClN/c14-11-12-5-7-13(8-6-12)15-9-3-1-2-4-10-15/h5-8H,1-4,9-11H2. The maximum Gasteiger partial charge on any atom is 0.0474 e. The van der Waals surface area contributed by atoms with Crippen molar-refractivity contribution in [1.29, 1.82) is 0 Å². The second kappa shape index (κ2) is 5.41. The van der Waals surface area contributed by atoms with Crippen molar-refractivity contribution in [2.75, 3.05) is 18.0 Å². The normalized spacial score (nSPS) is 17.5. The molecule has 0 bridgehead atoms. The van der Waals surface area contributed by atoms with Crippen LogP contribution in [0.15, 0.2) is 24.3 Å². The van der Waals surface area contributed by atoms with Crippen molar-refractivity contribution in [2.45, 2.75) is 31.6 Å². The summed E-state index contributed by atoms with van der Waals surface area (Å²) in [7, 11) is 0. The van der Waals surface area contributed by atoms with Gasteiger partial charge in [-0.05, 0) is 30.5 Å². The molecule has 1 aliphatic rings. The second-order valence-electron chi connectivity index (χ2n) is 4.20. The lowest BCUT2D eigenvalue weighted by molar-refractivity contribution is 0.726. The van der Waals surface area contributed by atoms with Crippen molar-refractivity contribution in [3.05, 3.63) is 29.8 Å². The van der Waals surface area contributed by atoms with E-state index in [1.165, 1.54) is 50.0 Å². The molecule has 1 saturated heterocycles. The predicted octanol–water partition coefficient (Wildman–Crippen LogP) is 3.81. The first-order chi connectivity index (χ1) is 7.40.